The Hall–Kier alpha value is -1.80. The minimum Gasteiger partial charge on any atom is -0.443 e. The molecule has 0 amide bonds. The SMILES string of the molecule is Clc1ccccc1.c1ccc2ocnc2c1. The lowest BCUT2D eigenvalue weighted by atomic mass is 10.3. The van der Waals surface area contributed by atoms with E-state index in [1.807, 2.05) is 54.6 Å². The van der Waals surface area contributed by atoms with Crippen LogP contribution in [-0.2, 0) is 0 Å². The number of rotatable bonds is 0. The van der Waals surface area contributed by atoms with Gasteiger partial charge in [0.05, 0.1) is 0 Å². The monoisotopic (exact) mass is 231 g/mol. The molecular weight excluding hydrogens is 222 g/mol. The second-order valence-corrected chi connectivity index (χ2v) is 3.55. The summed E-state index contributed by atoms with van der Waals surface area (Å²) in [6, 6.07) is 17.1. The summed E-state index contributed by atoms with van der Waals surface area (Å²) in [5.74, 6) is 0. The largest absolute Gasteiger partial charge is 0.443 e. The Morgan fingerprint density at radius 1 is 0.875 bits per heavy atom. The molecule has 0 radical (unpaired) electrons. The normalized spacial score (nSPS) is 9.56. The van der Waals surface area contributed by atoms with E-state index in [9.17, 15) is 0 Å². The molecule has 0 atom stereocenters. The summed E-state index contributed by atoms with van der Waals surface area (Å²) >= 11 is 5.54. The highest BCUT2D eigenvalue weighted by molar-refractivity contribution is 6.30. The molecule has 0 N–H and O–H groups in total. The van der Waals surface area contributed by atoms with Crippen LogP contribution in [0, 0.1) is 0 Å². The molecule has 80 valence electrons. The summed E-state index contributed by atoms with van der Waals surface area (Å²) in [6.07, 6.45) is 1.45. The lowest BCUT2D eigenvalue weighted by Gasteiger charge is -1.80. The smallest absolute Gasteiger partial charge is 0.181 e. The summed E-state index contributed by atoms with van der Waals surface area (Å²) in [7, 11) is 0. The maximum atomic E-state index is 5.54. The number of oxazole rings is 1. The molecule has 3 heteroatoms. The van der Waals surface area contributed by atoms with Gasteiger partial charge in [-0.15, -0.1) is 0 Å². The zero-order valence-electron chi connectivity index (χ0n) is 8.51. The maximum absolute atomic E-state index is 5.54. The number of hydrogen-bond donors (Lipinski definition) is 0. The molecule has 3 rings (SSSR count). The van der Waals surface area contributed by atoms with Crippen LogP contribution in [0.3, 0.4) is 0 Å². The van der Waals surface area contributed by atoms with Gasteiger partial charge >= 0.3 is 0 Å². The molecule has 2 nitrogen and oxygen atoms in total. The zero-order chi connectivity index (χ0) is 11.2. The third-order valence-corrected chi connectivity index (χ3v) is 2.22. The van der Waals surface area contributed by atoms with E-state index >= 15 is 0 Å². The third kappa shape index (κ3) is 2.84. The van der Waals surface area contributed by atoms with Crippen LogP contribution in [0.15, 0.2) is 65.4 Å². The molecule has 1 aromatic heterocycles. The Bertz CT molecular complexity index is 518. The van der Waals surface area contributed by atoms with E-state index in [1.54, 1.807) is 0 Å². The fourth-order valence-corrected chi connectivity index (χ4v) is 1.36. The van der Waals surface area contributed by atoms with E-state index in [-0.39, 0.29) is 0 Å². The number of fused-ring (bicyclic) bond motifs is 1. The van der Waals surface area contributed by atoms with E-state index in [0.29, 0.717) is 0 Å². The van der Waals surface area contributed by atoms with Crippen LogP contribution >= 0.6 is 11.6 Å². The highest BCUT2D eigenvalue weighted by atomic mass is 35.5. The van der Waals surface area contributed by atoms with Crippen LogP contribution in [0.5, 0.6) is 0 Å². The van der Waals surface area contributed by atoms with Crippen molar-refractivity contribution in [2.75, 3.05) is 0 Å². The molecule has 0 fully saturated rings. The average Bonchev–Trinajstić information content (AvgIpc) is 2.79. The Kier molecular flexibility index (Phi) is 3.57. The van der Waals surface area contributed by atoms with Crippen molar-refractivity contribution in [2.24, 2.45) is 0 Å². The minimum absolute atomic E-state index is 0.794. The summed E-state index contributed by atoms with van der Waals surface area (Å²) in [6.45, 7) is 0. The summed E-state index contributed by atoms with van der Waals surface area (Å²) < 4.78 is 5.01. The van der Waals surface area contributed by atoms with E-state index in [4.69, 9.17) is 16.0 Å². The number of benzene rings is 2. The molecule has 0 aliphatic heterocycles. The van der Waals surface area contributed by atoms with Crippen LogP contribution in [-0.4, -0.2) is 4.98 Å². The van der Waals surface area contributed by atoms with E-state index in [2.05, 4.69) is 4.98 Å². The molecule has 0 unspecified atom stereocenters. The molecule has 2 aromatic carbocycles. The van der Waals surface area contributed by atoms with Crippen molar-refractivity contribution in [2.45, 2.75) is 0 Å². The summed E-state index contributed by atoms with van der Waals surface area (Å²) in [4.78, 5) is 3.95. The van der Waals surface area contributed by atoms with Crippen molar-refractivity contribution < 1.29 is 4.42 Å². The lowest BCUT2D eigenvalue weighted by Crippen LogP contribution is -1.61. The van der Waals surface area contributed by atoms with Crippen molar-refractivity contribution in [3.05, 3.63) is 66.0 Å². The number of hydrogen-bond acceptors (Lipinski definition) is 2. The molecule has 16 heavy (non-hydrogen) atoms. The van der Waals surface area contributed by atoms with E-state index in [0.717, 1.165) is 16.1 Å². The van der Waals surface area contributed by atoms with E-state index in [1.165, 1.54) is 6.39 Å². The van der Waals surface area contributed by atoms with Gasteiger partial charge in [0.1, 0.15) is 5.52 Å². The Morgan fingerprint density at radius 3 is 2.19 bits per heavy atom. The lowest BCUT2D eigenvalue weighted by molar-refractivity contribution is 0.602. The minimum atomic E-state index is 0.794. The molecule has 0 spiro atoms. The predicted molar refractivity (Wildman–Crippen MR) is 65.5 cm³/mol. The van der Waals surface area contributed by atoms with Crippen molar-refractivity contribution in [1.82, 2.24) is 4.98 Å². The highest BCUT2D eigenvalue weighted by Gasteiger charge is 1.91. The van der Waals surface area contributed by atoms with Gasteiger partial charge in [0.2, 0.25) is 0 Å². The molecule has 0 aliphatic rings. The van der Waals surface area contributed by atoms with Gasteiger partial charge in [-0.1, -0.05) is 41.9 Å². The fourth-order valence-electron chi connectivity index (χ4n) is 1.22. The van der Waals surface area contributed by atoms with Gasteiger partial charge < -0.3 is 4.42 Å². The quantitative estimate of drug-likeness (QED) is 0.580. The topological polar surface area (TPSA) is 26.0 Å². The Morgan fingerprint density at radius 2 is 1.56 bits per heavy atom. The molecule has 0 bridgehead atoms. The van der Waals surface area contributed by atoms with Crippen LogP contribution < -0.4 is 0 Å². The van der Waals surface area contributed by atoms with Crippen LogP contribution in [0.25, 0.3) is 11.1 Å². The number of halogens is 1. The molecule has 0 aliphatic carbocycles. The first kappa shape index (κ1) is 10.7. The first-order chi connectivity index (χ1) is 7.86. The van der Waals surface area contributed by atoms with Gasteiger partial charge in [0, 0.05) is 5.02 Å². The Labute approximate surface area is 98.5 Å². The third-order valence-electron chi connectivity index (χ3n) is 1.97. The van der Waals surface area contributed by atoms with Crippen molar-refractivity contribution in [1.29, 1.82) is 0 Å². The maximum Gasteiger partial charge on any atom is 0.181 e. The molecule has 3 aromatic rings. The zero-order valence-corrected chi connectivity index (χ0v) is 9.26. The van der Waals surface area contributed by atoms with E-state index < -0.39 is 0 Å². The Balaban J connectivity index is 0.000000125. The van der Waals surface area contributed by atoms with Crippen LogP contribution in [0.1, 0.15) is 0 Å². The average molecular weight is 232 g/mol. The highest BCUT2D eigenvalue weighted by Crippen LogP contribution is 2.09. The van der Waals surface area contributed by atoms with Gasteiger partial charge in [0.15, 0.2) is 12.0 Å². The predicted octanol–water partition coefficient (Wildman–Crippen LogP) is 4.17. The van der Waals surface area contributed by atoms with Gasteiger partial charge in [-0.3, -0.25) is 0 Å². The summed E-state index contributed by atoms with van der Waals surface area (Å²) in [5.41, 5.74) is 1.76. The molecule has 0 saturated heterocycles. The summed E-state index contributed by atoms with van der Waals surface area (Å²) in [5, 5.41) is 0.794. The second-order valence-electron chi connectivity index (χ2n) is 3.12. The molecular formula is C13H10ClNO. The van der Waals surface area contributed by atoms with Gasteiger partial charge in [0.25, 0.3) is 0 Å². The first-order valence-electron chi connectivity index (χ1n) is 4.85. The number of aromatic nitrogens is 1. The fraction of sp³-hybridized carbons (Fsp3) is 0. The molecule has 1 heterocycles. The molecule has 0 saturated carbocycles. The second kappa shape index (κ2) is 5.33. The van der Waals surface area contributed by atoms with Gasteiger partial charge in [-0.25, -0.2) is 4.98 Å². The van der Waals surface area contributed by atoms with Crippen molar-refractivity contribution in [3.8, 4) is 0 Å². The van der Waals surface area contributed by atoms with Crippen molar-refractivity contribution in [3.63, 3.8) is 0 Å². The van der Waals surface area contributed by atoms with Crippen molar-refractivity contribution >= 4 is 22.7 Å². The van der Waals surface area contributed by atoms with Gasteiger partial charge in [-0.05, 0) is 24.3 Å². The van der Waals surface area contributed by atoms with Crippen LogP contribution in [0.2, 0.25) is 5.02 Å². The number of para-hydroxylation sites is 2. The van der Waals surface area contributed by atoms with Crippen LogP contribution in [0.4, 0.5) is 0 Å². The number of nitrogens with zero attached hydrogens (tertiary/aromatic N) is 1. The first-order valence-corrected chi connectivity index (χ1v) is 5.23. The standard InChI is InChI=1S/C7H5NO.C6H5Cl/c1-2-4-7-6(3-1)8-5-9-7;7-6-4-2-1-3-5-6/h1-5H;1-5H. The van der Waals surface area contributed by atoms with Gasteiger partial charge in [-0.2, -0.15) is 0 Å².